The fourth-order valence-electron chi connectivity index (χ4n) is 2.09. The van der Waals surface area contributed by atoms with Crippen molar-refractivity contribution in [1.29, 1.82) is 0 Å². The fourth-order valence-corrected chi connectivity index (χ4v) is 2.32. The third-order valence-corrected chi connectivity index (χ3v) is 2.98. The first-order valence-electron chi connectivity index (χ1n) is 5.68. The molecule has 0 spiro atoms. The predicted molar refractivity (Wildman–Crippen MR) is 71.4 cm³/mol. The zero-order valence-corrected chi connectivity index (χ0v) is 11.0. The maximum atomic E-state index is 13.3. The molecule has 0 saturated heterocycles. The molecular formula is C15H14ClFO. The van der Waals surface area contributed by atoms with Crippen molar-refractivity contribution in [2.75, 3.05) is 0 Å². The molecule has 0 radical (unpaired) electrons. The van der Waals surface area contributed by atoms with Gasteiger partial charge < -0.3 is 5.11 Å². The van der Waals surface area contributed by atoms with Crippen LogP contribution in [0.25, 0.3) is 0 Å². The highest BCUT2D eigenvalue weighted by atomic mass is 35.5. The SMILES string of the molecule is Cc1cc(C)cc(C(O)c2cc(F)cc(Cl)c2)c1. The van der Waals surface area contributed by atoms with Crippen LogP contribution < -0.4 is 0 Å². The van der Waals surface area contributed by atoms with E-state index in [0.29, 0.717) is 5.56 Å². The quantitative estimate of drug-likeness (QED) is 0.863. The maximum Gasteiger partial charge on any atom is 0.125 e. The second kappa shape index (κ2) is 5.09. The Morgan fingerprint density at radius 1 is 0.944 bits per heavy atom. The van der Waals surface area contributed by atoms with Crippen LogP contribution in [0.15, 0.2) is 36.4 Å². The number of rotatable bonds is 2. The average molecular weight is 265 g/mol. The smallest absolute Gasteiger partial charge is 0.125 e. The molecular weight excluding hydrogens is 251 g/mol. The zero-order chi connectivity index (χ0) is 13.3. The van der Waals surface area contributed by atoms with Gasteiger partial charge in [-0.2, -0.15) is 0 Å². The summed E-state index contributed by atoms with van der Waals surface area (Å²) >= 11 is 5.79. The van der Waals surface area contributed by atoms with Gasteiger partial charge in [0, 0.05) is 5.02 Å². The molecule has 2 rings (SSSR count). The summed E-state index contributed by atoms with van der Waals surface area (Å²) in [6, 6.07) is 9.89. The maximum absolute atomic E-state index is 13.3. The lowest BCUT2D eigenvalue weighted by atomic mass is 9.98. The van der Waals surface area contributed by atoms with Gasteiger partial charge in [0.25, 0.3) is 0 Å². The molecule has 0 aliphatic carbocycles. The Kier molecular flexibility index (Phi) is 3.69. The lowest BCUT2D eigenvalue weighted by Crippen LogP contribution is -2.01. The number of hydrogen-bond donors (Lipinski definition) is 1. The van der Waals surface area contributed by atoms with Crippen LogP contribution >= 0.6 is 11.6 Å². The molecule has 1 N–H and O–H groups in total. The van der Waals surface area contributed by atoms with E-state index < -0.39 is 11.9 Å². The van der Waals surface area contributed by atoms with Gasteiger partial charge in [-0.05, 0) is 43.2 Å². The van der Waals surface area contributed by atoms with E-state index in [4.69, 9.17) is 11.6 Å². The van der Waals surface area contributed by atoms with Gasteiger partial charge in [-0.25, -0.2) is 4.39 Å². The highest BCUT2D eigenvalue weighted by Crippen LogP contribution is 2.26. The monoisotopic (exact) mass is 264 g/mol. The van der Waals surface area contributed by atoms with E-state index in [9.17, 15) is 9.50 Å². The van der Waals surface area contributed by atoms with E-state index >= 15 is 0 Å². The van der Waals surface area contributed by atoms with Crippen molar-refractivity contribution >= 4 is 11.6 Å². The Labute approximate surface area is 111 Å². The molecule has 0 aliphatic rings. The third kappa shape index (κ3) is 2.89. The van der Waals surface area contributed by atoms with Gasteiger partial charge >= 0.3 is 0 Å². The van der Waals surface area contributed by atoms with Crippen LogP contribution in [0.3, 0.4) is 0 Å². The van der Waals surface area contributed by atoms with Gasteiger partial charge in [0.05, 0.1) is 0 Å². The van der Waals surface area contributed by atoms with Crippen LogP contribution in [-0.2, 0) is 0 Å². The Balaban J connectivity index is 2.43. The van der Waals surface area contributed by atoms with Crippen LogP contribution in [0.4, 0.5) is 4.39 Å². The first-order valence-corrected chi connectivity index (χ1v) is 6.06. The number of aryl methyl sites for hydroxylation is 2. The minimum atomic E-state index is -0.864. The van der Waals surface area contributed by atoms with Crippen molar-refractivity contribution in [1.82, 2.24) is 0 Å². The molecule has 0 fully saturated rings. The largest absolute Gasteiger partial charge is 0.384 e. The molecule has 18 heavy (non-hydrogen) atoms. The van der Waals surface area contributed by atoms with E-state index in [-0.39, 0.29) is 5.02 Å². The van der Waals surface area contributed by atoms with Crippen molar-refractivity contribution in [2.24, 2.45) is 0 Å². The van der Waals surface area contributed by atoms with E-state index in [1.807, 2.05) is 32.0 Å². The third-order valence-electron chi connectivity index (χ3n) is 2.76. The molecule has 94 valence electrons. The molecule has 2 aromatic rings. The highest BCUT2D eigenvalue weighted by molar-refractivity contribution is 6.30. The van der Waals surface area contributed by atoms with Crippen molar-refractivity contribution in [2.45, 2.75) is 20.0 Å². The molecule has 0 bridgehead atoms. The first kappa shape index (κ1) is 13.1. The van der Waals surface area contributed by atoms with Crippen LogP contribution in [0, 0.1) is 19.7 Å². The lowest BCUT2D eigenvalue weighted by molar-refractivity contribution is 0.219. The fraction of sp³-hybridized carbons (Fsp3) is 0.200. The number of aliphatic hydroxyl groups is 1. The first-order chi connectivity index (χ1) is 8.45. The van der Waals surface area contributed by atoms with E-state index in [0.717, 1.165) is 16.7 Å². The molecule has 1 unspecified atom stereocenters. The van der Waals surface area contributed by atoms with E-state index in [1.54, 1.807) is 6.07 Å². The molecule has 0 aliphatic heterocycles. The van der Waals surface area contributed by atoms with Gasteiger partial charge in [-0.3, -0.25) is 0 Å². The van der Waals surface area contributed by atoms with E-state index in [1.165, 1.54) is 12.1 Å². The summed E-state index contributed by atoms with van der Waals surface area (Å²) in [7, 11) is 0. The summed E-state index contributed by atoms with van der Waals surface area (Å²) in [6.45, 7) is 3.92. The van der Waals surface area contributed by atoms with Crippen molar-refractivity contribution < 1.29 is 9.50 Å². The summed E-state index contributed by atoms with van der Waals surface area (Å²) in [5.41, 5.74) is 3.33. The number of benzene rings is 2. The minimum absolute atomic E-state index is 0.286. The zero-order valence-electron chi connectivity index (χ0n) is 10.2. The van der Waals surface area contributed by atoms with Gasteiger partial charge in [-0.15, -0.1) is 0 Å². The van der Waals surface area contributed by atoms with Crippen molar-refractivity contribution in [3.05, 3.63) is 69.5 Å². The molecule has 0 amide bonds. The van der Waals surface area contributed by atoms with Crippen LogP contribution in [-0.4, -0.2) is 5.11 Å². The average Bonchev–Trinajstić information content (AvgIpc) is 2.25. The summed E-state index contributed by atoms with van der Waals surface area (Å²) < 4.78 is 13.3. The molecule has 0 aromatic heterocycles. The molecule has 2 aromatic carbocycles. The predicted octanol–water partition coefficient (Wildman–Crippen LogP) is 4.18. The van der Waals surface area contributed by atoms with Gasteiger partial charge in [0.1, 0.15) is 11.9 Å². The van der Waals surface area contributed by atoms with Crippen LogP contribution in [0.2, 0.25) is 5.02 Å². The number of aliphatic hydroxyl groups excluding tert-OH is 1. The molecule has 0 saturated carbocycles. The minimum Gasteiger partial charge on any atom is -0.384 e. The number of hydrogen-bond acceptors (Lipinski definition) is 1. The van der Waals surface area contributed by atoms with Crippen LogP contribution in [0.5, 0.6) is 0 Å². The van der Waals surface area contributed by atoms with Gasteiger partial charge in [0.15, 0.2) is 0 Å². The van der Waals surface area contributed by atoms with Crippen molar-refractivity contribution in [3.8, 4) is 0 Å². The second-order valence-corrected chi connectivity index (χ2v) is 4.96. The second-order valence-electron chi connectivity index (χ2n) is 4.53. The summed E-state index contributed by atoms with van der Waals surface area (Å²) in [5.74, 6) is -0.444. The van der Waals surface area contributed by atoms with Crippen molar-refractivity contribution in [3.63, 3.8) is 0 Å². The van der Waals surface area contributed by atoms with Gasteiger partial charge in [-0.1, -0.05) is 40.9 Å². The summed E-state index contributed by atoms with van der Waals surface area (Å²) in [5, 5.41) is 10.5. The highest BCUT2D eigenvalue weighted by Gasteiger charge is 2.13. The lowest BCUT2D eigenvalue weighted by Gasteiger charge is -2.13. The summed E-state index contributed by atoms with van der Waals surface area (Å²) in [6.07, 6.45) is -0.864. The Morgan fingerprint density at radius 2 is 1.50 bits per heavy atom. The standard InChI is InChI=1S/C15H14ClFO/c1-9-3-10(2)5-11(4-9)15(18)12-6-13(16)8-14(17)7-12/h3-8,15,18H,1-2H3. The molecule has 0 heterocycles. The molecule has 1 nitrogen and oxygen atoms in total. The van der Waals surface area contributed by atoms with Crippen LogP contribution in [0.1, 0.15) is 28.4 Å². The van der Waals surface area contributed by atoms with E-state index in [2.05, 4.69) is 0 Å². The number of halogens is 2. The Bertz CT molecular complexity index is 489. The molecule has 1 atom stereocenters. The summed E-state index contributed by atoms with van der Waals surface area (Å²) in [4.78, 5) is 0. The topological polar surface area (TPSA) is 20.2 Å². The Morgan fingerprint density at radius 3 is 2.06 bits per heavy atom. The van der Waals surface area contributed by atoms with Gasteiger partial charge in [0.2, 0.25) is 0 Å². The normalized spacial score (nSPS) is 12.5. The Hall–Kier alpha value is -1.38. The molecule has 3 heteroatoms.